The number of hydrogen-bond donors (Lipinski definition) is 0. The number of aromatic nitrogens is 2. The first-order valence-corrected chi connectivity index (χ1v) is 8.94. The summed E-state index contributed by atoms with van der Waals surface area (Å²) in [5, 5.41) is 3.95. The second-order valence-corrected chi connectivity index (χ2v) is 6.00. The lowest BCUT2D eigenvalue weighted by atomic mass is 10.2. The van der Waals surface area contributed by atoms with Crippen molar-refractivity contribution in [3.8, 4) is 11.4 Å². The van der Waals surface area contributed by atoms with E-state index >= 15 is 0 Å². The van der Waals surface area contributed by atoms with E-state index in [0.29, 0.717) is 5.82 Å². The Morgan fingerprint density at radius 3 is 2.21 bits per heavy atom. The van der Waals surface area contributed by atoms with Crippen molar-refractivity contribution in [2.45, 2.75) is 52.4 Å². The van der Waals surface area contributed by atoms with Crippen LogP contribution >= 0.6 is 0 Å². The van der Waals surface area contributed by atoms with Crippen LogP contribution in [-0.4, -0.2) is 34.0 Å². The number of hydrogen-bond acceptors (Lipinski definition) is 4. The smallest absolute Gasteiger partial charge is 0.316 e. The number of carbonyl (C=O) groups is 1. The molecule has 0 aliphatic rings. The average Bonchev–Trinajstić information content (AvgIpc) is 3.11. The Balaban J connectivity index is 2.05. The first kappa shape index (κ1) is 18.2. The second-order valence-electron chi connectivity index (χ2n) is 6.00. The maximum absolute atomic E-state index is 12.7. The van der Waals surface area contributed by atoms with Crippen LogP contribution in [0.5, 0.6) is 0 Å². The van der Waals surface area contributed by atoms with Gasteiger partial charge in [-0.2, -0.15) is 4.98 Å². The summed E-state index contributed by atoms with van der Waals surface area (Å²) in [6, 6.07) is 9.56. The number of amides is 1. The highest BCUT2D eigenvalue weighted by Gasteiger charge is 2.22. The lowest BCUT2D eigenvalue weighted by Crippen LogP contribution is -2.33. The summed E-state index contributed by atoms with van der Waals surface area (Å²) in [4.78, 5) is 18.9. The van der Waals surface area contributed by atoms with Gasteiger partial charge in [-0.05, 0) is 12.8 Å². The summed E-state index contributed by atoms with van der Waals surface area (Å²) in [6.45, 7) is 5.82. The molecule has 0 saturated heterocycles. The summed E-state index contributed by atoms with van der Waals surface area (Å²) >= 11 is 0. The highest BCUT2D eigenvalue weighted by atomic mass is 16.5. The van der Waals surface area contributed by atoms with E-state index in [1.807, 2.05) is 35.2 Å². The third-order valence-electron chi connectivity index (χ3n) is 3.99. The van der Waals surface area contributed by atoms with Crippen molar-refractivity contribution in [3.63, 3.8) is 0 Å². The molecule has 5 nitrogen and oxygen atoms in total. The lowest BCUT2D eigenvalue weighted by molar-refractivity contribution is 0.0699. The Hall–Kier alpha value is -2.17. The van der Waals surface area contributed by atoms with Gasteiger partial charge in [0.25, 0.3) is 0 Å². The van der Waals surface area contributed by atoms with Crippen molar-refractivity contribution >= 4 is 5.91 Å². The van der Waals surface area contributed by atoms with Gasteiger partial charge in [0, 0.05) is 18.7 Å². The molecular formula is C19H27N3O2. The monoisotopic (exact) mass is 329 g/mol. The Labute approximate surface area is 144 Å². The number of benzene rings is 1. The van der Waals surface area contributed by atoms with Crippen molar-refractivity contribution in [1.82, 2.24) is 15.0 Å². The van der Waals surface area contributed by atoms with Crippen molar-refractivity contribution in [3.05, 3.63) is 36.2 Å². The van der Waals surface area contributed by atoms with Crippen LogP contribution in [0.3, 0.4) is 0 Å². The van der Waals surface area contributed by atoms with E-state index in [1.165, 1.54) is 0 Å². The van der Waals surface area contributed by atoms with Crippen molar-refractivity contribution < 1.29 is 9.32 Å². The Bertz CT molecular complexity index is 600. The van der Waals surface area contributed by atoms with Crippen LogP contribution in [0.4, 0.5) is 0 Å². The highest BCUT2D eigenvalue weighted by Crippen LogP contribution is 2.16. The number of nitrogens with zero attached hydrogens (tertiary/aromatic N) is 3. The van der Waals surface area contributed by atoms with Crippen LogP contribution in [0.2, 0.25) is 0 Å². The predicted molar refractivity (Wildman–Crippen MR) is 94.7 cm³/mol. The SMILES string of the molecule is CCCCCN(CCCCC)C(=O)c1nc(-c2ccccc2)no1. The quantitative estimate of drug-likeness (QED) is 0.600. The molecule has 0 saturated carbocycles. The largest absolute Gasteiger partial charge is 0.334 e. The zero-order valence-electron chi connectivity index (χ0n) is 14.7. The van der Waals surface area contributed by atoms with E-state index in [9.17, 15) is 4.79 Å². The fourth-order valence-electron chi connectivity index (χ4n) is 2.57. The maximum atomic E-state index is 12.7. The van der Waals surface area contributed by atoms with E-state index in [-0.39, 0.29) is 11.8 Å². The molecule has 24 heavy (non-hydrogen) atoms. The third kappa shape index (κ3) is 5.18. The molecule has 2 aromatic rings. The van der Waals surface area contributed by atoms with Gasteiger partial charge in [0.05, 0.1) is 0 Å². The molecule has 5 heteroatoms. The summed E-state index contributed by atoms with van der Waals surface area (Å²) < 4.78 is 5.22. The molecule has 0 aliphatic heterocycles. The Kier molecular flexibility index (Phi) is 7.46. The van der Waals surface area contributed by atoms with Gasteiger partial charge in [-0.3, -0.25) is 4.79 Å². The van der Waals surface area contributed by atoms with Crippen molar-refractivity contribution in [1.29, 1.82) is 0 Å². The fraction of sp³-hybridized carbons (Fsp3) is 0.526. The van der Waals surface area contributed by atoms with Gasteiger partial charge in [-0.15, -0.1) is 0 Å². The molecule has 1 heterocycles. The summed E-state index contributed by atoms with van der Waals surface area (Å²) in [6.07, 6.45) is 6.53. The van der Waals surface area contributed by atoms with Crippen LogP contribution in [-0.2, 0) is 0 Å². The van der Waals surface area contributed by atoms with Crippen LogP contribution < -0.4 is 0 Å². The Morgan fingerprint density at radius 2 is 1.62 bits per heavy atom. The minimum Gasteiger partial charge on any atom is -0.334 e. The van der Waals surface area contributed by atoms with Crippen molar-refractivity contribution in [2.24, 2.45) is 0 Å². The molecule has 0 spiro atoms. The zero-order chi connectivity index (χ0) is 17.2. The normalized spacial score (nSPS) is 10.8. The van der Waals surface area contributed by atoms with Gasteiger partial charge in [0.15, 0.2) is 0 Å². The second kappa shape index (κ2) is 9.85. The van der Waals surface area contributed by atoms with Gasteiger partial charge < -0.3 is 9.42 Å². The van der Waals surface area contributed by atoms with Crippen LogP contribution in [0, 0.1) is 0 Å². The molecule has 0 N–H and O–H groups in total. The van der Waals surface area contributed by atoms with Gasteiger partial charge in [0.1, 0.15) is 0 Å². The van der Waals surface area contributed by atoms with Gasteiger partial charge in [-0.1, -0.05) is 75.0 Å². The highest BCUT2D eigenvalue weighted by molar-refractivity contribution is 5.90. The molecule has 0 aliphatic carbocycles. The molecule has 0 bridgehead atoms. The molecule has 130 valence electrons. The third-order valence-corrected chi connectivity index (χ3v) is 3.99. The summed E-state index contributed by atoms with van der Waals surface area (Å²) in [5.74, 6) is 0.389. The van der Waals surface area contributed by atoms with Crippen molar-refractivity contribution in [2.75, 3.05) is 13.1 Å². The molecule has 0 atom stereocenters. The summed E-state index contributed by atoms with van der Waals surface area (Å²) in [5.41, 5.74) is 0.851. The number of rotatable bonds is 10. The molecular weight excluding hydrogens is 302 g/mol. The first-order chi connectivity index (χ1) is 11.8. The molecule has 1 amide bonds. The van der Waals surface area contributed by atoms with E-state index < -0.39 is 0 Å². The topological polar surface area (TPSA) is 59.2 Å². The average molecular weight is 329 g/mol. The molecule has 0 radical (unpaired) electrons. The standard InChI is InChI=1S/C19H27N3O2/c1-3-5-10-14-22(15-11-6-4-2)19(23)18-20-17(21-24-18)16-12-8-7-9-13-16/h7-9,12-13H,3-6,10-11,14-15H2,1-2H3. The van der Waals surface area contributed by atoms with Gasteiger partial charge >= 0.3 is 11.8 Å². The predicted octanol–water partition coefficient (Wildman–Crippen LogP) is 4.56. The number of unbranched alkanes of at least 4 members (excludes halogenated alkanes) is 4. The molecule has 1 aromatic heterocycles. The lowest BCUT2D eigenvalue weighted by Gasteiger charge is -2.20. The van der Waals surface area contributed by atoms with Gasteiger partial charge in [0.2, 0.25) is 5.82 Å². The molecule has 0 unspecified atom stereocenters. The maximum Gasteiger partial charge on any atom is 0.316 e. The van der Waals surface area contributed by atoms with E-state index in [4.69, 9.17) is 4.52 Å². The van der Waals surface area contributed by atoms with Gasteiger partial charge in [-0.25, -0.2) is 0 Å². The minimum absolute atomic E-state index is 0.0850. The molecule has 1 aromatic carbocycles. The van der Waals surface area contributed by atoms with Crippen LogP contribution in [0.1, 0.15) is 63.1 Å². The number of carbonyl (C=O) groups excluding carboxylic acids is 1. The van der Waals surface area contributed by atoms with Crippen LogP contribution in [0.25, 0.3) is 11.4 Å². The first-order valence-electron chi connectivity index (χ1n) is 8.94. The van der Waals surface area contributed by atoms with E-state index in [2.05, 4.69) is 24.0 Å². The minimum atomic E-state index is -0.156. The molecule has 0 fully saturated rings. The van der Waals surface area contributed by atoms with E-state index in [0.717, 1.165) is 57.2 Å². The van der Waals surface area contributed by atoms with Crippen LogP contribution in [0.15, 0.2) is 34.9 Å². The molecule has 2 rings (SSSR count). The Morgan fingerprint density at radius 1 is 1.00 bits per heavy atom. The fourth-order valence-corrected chi connectivity index (χ4v) is 2.57. The zero-order valence-corrected chi connectivity index (χ0v) is 14.7. The van der Waals surface area contributed by atoms with E-state index in [1.54, 1.807) is 0 Å². The summed E-state index contributed by atoms with van der Waals surface area (Å²) in [7, 11) is 0.